The average molecular weight is 391 g/mol. The predicted molar refractivity (Wildman–Crippen MR) is 106 cm³/mol. The summed E-state index contributed by atoms with van der Waals surface area (Å²) in [5, 5.41) is 16.3. The largest absolute Gasteiger partial charge is 0.341 e. The second-order valence-electron chi connectivity index (χ2n) is 5.53. The maximum atomic E-state index is 12.2. The van der Waals surface area contributed by atoms with Gasteiger partial charge in [-0.3, -0.25) is 4.79 Å². The Bertz CT molecular complexity index is 815. The summed E-state index contributed by atoms with van der Waals surface area (Å²) >= 11 is 4.51. The third-order valence-corrected chi connectivity index (χ3v) is 6.14. The minimum atomic E-state index is 0.0828. The number of thiophene rings is 1. The van der Waals surface area contributed by atoms with Gasteiger partial charge in [0.05, 0.1) is 5.75 Å². The van der Waals surface area contributed by atoms with Gasteiger partial charge in [0.25, 0.3) is 0 Å². The van der Waals surface area contributed by atoms with E-state index in [2.05, 4.69) is 27.8 Å². The molecule has 5 nitrogen and oxygen atoms in total. The number of rotatable bonds is 7. The van der Waals surface area contributed by atoms with E-state index in [-0.39, 0.29) is 5.91 Å². The number of hydrogen-bond acceptors (Lipinski definition) is 7. The summed E-state index contributed by atoms with van der Waals surface area (Å²) < 4.78 is 0.784. The Balaban J connectivity index is 1.49. The molecule has 8 heteroatoms. The number of aryl methyl sites for hydroxylation is 1. The molecule has 0 unspecified atom stereocenters. The lowest BCUT2D eigenvalue weighted by Gasteiger charge is -2.15. The van der Waals surface area contributed by atoms with E-state index in [9.17, 15) is 4.79 Å². The lowest BCUT2D eigenvalue weighted by atomic mass is 10.2. The standard InChI is InChI=1S/C17H18N4OS3/c1-12-3-5-14(6-4-12)18-16-19-20-17(25-16)24-11-15(22)21(2)9-13-7-8-23-10-13/h3-8,10H,9,11H2,1-2H3,(H,18,19). The van der Waals surface area contributed by atoms with Gasteiger partial charge in [-0.2, -0.15) is 11.3 Å². The van der Waals surface area contributed by atoms with Crippen LogP contribution in [-0.2, 0) is 11.3 Å². The zero-order chi connectivity index (χ0) is 17.6. The SMILES string of the molecule is Cc1ccc(Nc2nnc(SCC(=O)N(C)Cc3ccsc3)s2)cc1. The van der Waals surface area contributed by atoms with E-state index >= 15 is 0 Å². The molecule has 3 rings (SSSR count). The van der Waals surface area contributed by atoms with E-state index in [1.807, 2.05) is 42.8 Å². The van der Waals surface area contributed by atoms with Gasteiger partial charge in [-0.05, 0) is 41.4 Å². The lowest BCUT2D eigenvalue weighted by Crippen LogP contribution is -2.27. The molecule has 130 valence electrons. The summed E-state index contributed by atoms with van der Waals surface area (Å²) in [4.78, 5) is 14.0. The fourth-order valence-electron chi connectivity index (χ4n) is 2.06. The van der Waals surface area contributed by atoms with Crippen molar-refractivity contribution in [2.45, 2.75) is 17.8 Å². The van der Waals surface area contributed by atoms with Gasteiger partial charge in [0.15, 0.2) is 4.34 Å². The summed E-state index contributed by atoms with van der Waals surface area (Å²) in [7, 11) is 1.82. The molecule has 0 aliphatic rings. The van der Waals surface area contributed by atoms with E-state index in [0.717, 1.165) is 20.7 Å². The van der Waals surface area contributed by atoms with Gasteiger partial charge in [-0.25, -0.2) is 0 Å². The Morgan fingerprint density at radius 1 is 1.24 bits per heavy atom. The molecule has 1 aromatic carbocycles. The first kappa shape index (κ1) is 17.9. The number of benzene rings is 1. The maximum Gasteiger partial charge on any atom is 0.233 e. The summed E-state index contributed by atoms with van der Waals surface area (Å²) in [6, 6.07) is 10.1. The maximum absolute atomic E-state index is 12.2. The number of nitrogens with zero attached hydrogens (tertiary/aromatic N) is 3. The van der Waals surface area contributed by atoms with E-state index in [1.54, 1.807) is 16.2 Å². The molecule has 2 aromatic heterocycles. The molecule has 1 amide bonds. The Kier molecular flexibility index (Phi) is 6.06. The van der Waals surface area contributed by atoms with E-state index < -0.39 is 0 Å². The predicted octanol–water partition coefficient (Wildman–Crippen LogP) is 4.40. The fraction of sp³-hybridized carbons (Fsp3) is 0.235. The molecule has 25 heavy (non-hydrogen) atoms. The fourth-order valence-corrected chi connectivity index (χ4v) is 4.43. The quantitative estimate of drug-likeness (QED) is 0.606. The van der Waals surface area contributed by atoms with Crippen LogP contribution in [0.1, 0.15) is 11.1 Å². The topological polar surface area (TPSA) is 58.1 Å². The number of carbonyl (C=O) groups is 1. The first-order chi connectivity index (χ1) is 12.1. The number of amides is 1. The molecule has 3 aromatic rings. The van der Waals surface area contributed by atoms with Crippen molar-refractivity contribution >= 4 is 51.2 Å². The smallest absolute Gasteiger partial charge is 0.233 e. The van der Waals surface area contributed by atoms with Crippen molar-refractivity contribution < 1.29 is 4.79 Å². The first-order valence-corrected chi connectivity index (χ1v) is 10.4. The average Bonchev–Trinajstić information content (AvgIpc) is 3.26. The van der Waals surface area contributed by atoms with Crippen molar-refractivity contribution in [3.8, 4) is 0 Å². The number of hydrogen-bond donors (Lipinski definition) is 1. The molecule has 0 fully saturated rings. The lowest BCUT2D eigenvalue weighted by molar-refractivity contribution is -0.127. The minimum Gasteiger partial charge on any atom is -0.341 e. The van der Waals surface area contributed by atoms with Crippen molar-refractivity contribution in [3.05, 3.63) is 52.2 Å². The van der Waals surface area contributed by atoms with Crippen molar-refractivity contribution in [2.24, 2.45) is 0 Å². The summed E-state index contributed by atoms with van der Waals surface area (Å²) in [6.45, 7) is 2.69. The van der Waals surface area contributed by atoms with Gasteiger partial charge < -0.3 is 10.2 Å². The molecule has 1 N–H and O–H groups in total. The van der Waals surface area contributed by atoms with Crippen LogP contribution in [0.3, 0.4) is 0 Å². The number of anilines is 2. The van der Waals surface area contributed by atoms with Crippen LogP contribution in [0.2, 0.25) is 0 Å². The Labute approximate surface area is 159 Å². The highest BCUT2D eigenvalue weighted by molar-refractivity contribution is 8.01. The monoisotopic (exact) mass is 390 g/mol. The normalized spacial score (nSPS) is 10.6. The van der Waals surface area contributed by atoms with Gasteiger partial charge in [-0.15, -0.1) is 10.2 Å². The minimum absolute atomic E-state index is 0.0828. The molecule has 0 aliphatic heterocycles. The summed E-state index contributed by atoms with van der Waals surface area (Å²) in [5.74, 6) is 0.444. The molecule has 2 heterocycles. The number of thioether (sulfide) groups is 1. The molecular weight excluding hydrogens is 372 g/mol. The van der Waals surface area contributed by atoms with Crippen LogP contribution in [0.15, 0.2) is 45.4 Å². The van der Waals surface area contributed by atoms with E-state index in [1.165, 1.54) is 28.7 Å². The zero-order valence-corrected chi connectivity index (χ0v) is 16.4. The highest BCUT2D eigenvalue weighted by atomic mass is 32.2. The van der Waals surface area contributed by atoms with E-state index in [4.69, 9.17) is 0 Å². The molecule has 0 saturated heterocycles. The molecule has 0 bridgehead atoms. The van der Waals surface area contributed by atoms with Crippen LogP contribution in [-0.4, -0.2) is 33.8 Å². The molecule has 0 saturated carbocycles. The number of carbonyl (C=O) groups excluding carboxylic acids is 1. The van der Waals surface area contributed by atoms with Crippen LogP contribution in [0.5, 0.6) is 0 Å². The van der Waals surface area contributed by atoms with E-state index in [0.29, 0.717) is 12.3 Å². The van der Waals surface area contributed by atoms with Gasteiger partial charge >= 0.3 is 0 Å². The molecule has 0 aliphatic carbocycles. The van der Waals surface area contributed by atoms with Gasteiger partial charge in [0.2, 0.25) is 11.0 Å². The van der Waals surface area contributed by atoms with Crippen LogP contribution in [0.25, 0.3) is 0 Å². The highest BCUT2D eigenvalue weighted by Crippen LogP contribution is 2.28. The second-order valence-corrected chi connectivity index (χ2v) is 8.51. The van der Waals surface area contributed by atoms with Gasteiger partial charge in [0, 0.05) is 19.3 Å². The first-order valence-electron chi connectivity index (χ1n) is 7.65. The Morgan fingerprint density at radius 2 is 2.04 bits per heavy atom. The number of aromatic nitrogens is 2. The van der Waals surface area contributed by atoms with Crippen LogP contribution in [0.4, 0.5) is 10.8 Å². The van der Waals surface area contributed by atoms with Crippen molar-refractivity contribution in [3.63, 3.8) is 0 Å². The number of nitrogens with one attached hydrogen (secondary N) is 1. The molecule has 0 atom stereocenters. The molecule has 0 radical (unpaired) electrons. The third-order valence-electron chi connectivity index (χ3n) is 3.45. The Hall–Kier alpha value is -1.90. The van der Waals surface area contributed by atoms with Gasteiger partial charge in [-0.1, -0.05) is 40.8 Å². The Morgan fingerprint density at radius 3 is 2.76 bits per heavy atom. The zero-order valence-electron chi connectivity index (χ0n) is 13.9. The molecular formula is C17H18N4OS3. The third kappa shape index (κ3) is 5.29. The van der Waals surface area contributed by atoms with Crippen molar-refractivity contribution in [2.75, 3.05) is 18.1 Å². The van der Waals surface area contributed by atoms with Crippen LogP contribution >= 0.6 is 34.4 Å². The van der Waals surface area contributed by atoms with Crippen molar-refractivity contribution in [1.29, 1.82) is 0 Å². The highest BCUT2D eigenvalue weighted by Gasteiger charge is 2.12. The summed E-state index contributed by atoms with van der Waals surface area (Å²) in [6.07, 6.45) is 0. The molecule has 0 spiro atoms. The van der Waals surface area contributed by atoms with Gasteiger partial charge in [0.1, 0.15) is 0 Å². The van der Waals surface area contributed by atoms with Crippen LogP contribution < -0.4 is 5.32 Å². The summed E-state index contributed by atoms with van der Waals surface area (Å²) in [5.41, 5.74) is 3.35. The van der Waals surface area contributed by atoms with Crippen LogP contribution in [0, 0.1) is 6.92 Å². The second kappa shape index (κ2) is 8.46. The van der Waals surface area contributed by atoms with Crippen molar-refractivity contribution in [1.82, 2.24) is 15.1 Å².